The largest absolute Gasteiger partial charge is 0.450 e. The van der Waals surface area contributed by atoms with Crippen LogP contribution in [0.15, 0.2) is 0 Å². The van der Waals surface area contributed by atoms with E-state index in [1.54, 1.807) is 0 Å². The number of carbonyl (C=O) groups is 1. The first-order valence-electron chi connectivity index (χ1n) is 25.2. The molecule has 1 amide bonds. The number of ether oxygens (including phenoxy) is 4. The highest BCUT2D eigenvalue weighted by molar-refractivity contribution is 5.67. The van der Waals surface area contributed by atoms with Crippen molar-refractivity contribution in [2.24, 2.45) is 0 Å². The summed E-state index contributed by atoms with van der Waals surface area (Å²) in [5.41, 5.74) is -0.305. The molecule has 57 heavy (non-hydrogen) atoms. The lowest BCUT2D eigenvalue weighted by molar-refractivity contribution is -0.0643. The van der Waals surface area contributed by atoms with Crippen LogP contribution in [0.3, 0.4) is 0 Å². The van der Waals surface area contributed by atoms with Crippen LogP contribution in [0, 0.1) is 0 Å². The van der Waals surface area contributed by atoms with Crippen LogP contribution in [-0.4, -0.2) is 76.5 Å². The number of rotatable bonds is 47. The summed E-state index contributed by atoms with van der Waals surface area (Å²) >= 11 is 0. The van der Waals surface area contributed by atoms with E-state index in [1.807, 2.05) is 32.8 Å². The second-order valence-electron chi connectivity index (χ2n) is 18.2. The Kier molecular flexibility index (Phi) is 44.0. The summed E-state index contributed by atoms with van der Waals surface area (Å²) in [7, 11) is 3.97. The van der Waals surface area contributed by atoms with Gasteiger partial charge in [0.1, 0.15) is 0 Å². The van der Waals surface area contributed by atoms with Crippen LogP contribution >= 0.6 is 0 Å². The predicted molar refractivity (Wildman–Crippen MR) is 247 cm³/mol. The zero-order chi connectivity index (χ0) is 41.8. The van der Waals surface area contributed by atoms with Crippen LogP contribution in [0.2, 0.25) is 0 Å². The summed E-state index contributed by atoms with van der Waals surface area (Å²) in [6, 6.07) is 0. The molecule has 0 heterocycles. The van der Waals surface area contributed by atoms with Crippen molar-refractivity contribution in [2.45, 2.75) is 264 Å². The zero-order valence-electron chi connectivity index (χ0n) is 39.6. The van der Waals surface area contributed by atoms with Gasteiger partial charge in [0.05, 0.1) is 31.6 Å². The van der Waals surface area contributed by atoms with E-state index in [2.05, 4.69) is 19.2 Å². The Morgan fingerprint density at radius 3 is 1.32 bits per heavy atom. The van der Waals surface area contributed by atoms with E-state index in [9.17, 15) is 4.79 Å². The van der Waals surface area contributed by atoms with Crippen LogP contribution in [0.25, 0.3) is 0 Å². The predicted octanol–water partition coefficient (Wildman–Crippen LogP) is 15.1. The van der Waals surface area contributed by atoms with Crippen molar-refractivity contribution in [3.8, 4) is 0 Å². The first kappa shape index (κ1) is 56.1. The minimum Gasteiger partial charge on any atom is -0.450 e. The SMILES string of the molecule is CCCCCCCCCCCCCCCCCCOCC(CCCOC(=O)NCCC(C)(C)OCN(C)C)OCCCCCCCCCCCCCCCCCC. The fourth-order valence-electron chi connectivity index (χ4n) is 7.45. The van der Waals surface area contributed by atoms with Gasteiger partial charge in [-0.1, -0.05) is 206 Å². The molecule has 0 aromatic rings. The number of nitrogens with zero attached hydrogens (tertiary/aromatic N) is 1. The number of carbonyl (C=O) groups excluding carboxylic acids is 1. The Bertz CT molecular complexity index is 795. The lowest BCUT2D eigenvalue weighted by atomic mass is 10.0. The topological polar surface area (TPSA) is 69.3 Å². The highest BCUT2D eigenvalue weighted by Crippen LogP contribution is 2.17. The van der Waals surface area contributed by atoms with E-state index in [4.69, 9.17) is 18.9 Å². The van der Waals surface area contributed by atoms with Gasteiger partial charge in [0, 0.05) is 19.8 Å². The fraction of sp³-hybridized carbons (Fsp3) is 0.980. The third kappa shape index (κ3) is 46.0. The molecule has 0 radical (unpaired) electrons. The zero-order valence-corrected chi connectivity index (χ0v) is 39.6. The minimum atomic E-state index is -0.358. The van der Waals surface area contributed by atoms with Crippen molar-refractivity contribution >= 4 is 6.09 Å². The monoisotopic (exact) mass is 811 g/mol. The average Bonchev–Trinajstić information content (AvgIpc) is 3.19. The molecule has 0 aliphatic heterocycles. The third-order valence-corrected chi connectivity index (χ3v) is 11.4. The van der Waals surface area contributed by atoms with Crippen molar-refractivity contribution in [1.82, 2.24) is 10.2 Å². The lowest BCUT2D eigenvalue weighted by Gasteiger charge is -2.27. The number of alkyl carbamates (subject to hydrolysis) is 1. The van der Waals surface area contributed by atoms with Gasteiger partial charge in [0.2, 0.25) is 0 Å². The van der Waals surface area contributed by atoms with E-state index in [1.165, 1.54) is 193 Å². The number of nitrogens with one attached hydrogen (secondary N) is 1. The molecule has 0 rings (SSSR count). The molecule has 1 atom stereocenters. The molecule has 0 aliphatic rings. The Morgan fingerprint density at radius 1 is 0.526 bits per heavy atom. The van der Waals surface area contributed by atoms with E-state index < -0.39 is 0 Å². The van der Waals surface area contributed by atoms with E-state index in [0.29, 0.717) is 26.5 Å². The molecule has 0 fully saturated rings. The first-order valence-corrected chi connectivity index (χ1v) is 25.2. The number of hydrogen-bond donors (Lipinski definition) is 1. The van der Waals surface area contributed by atoms with Crippen LogP contribution in [0.4, 0.5) is 4.79 Å². The van der Waals surface area contributed by atoms with Gasteiger partial charge < -0.3 is 24.3 Å². The van der Waals surface area contributed by atoms with Gasteiger partial charge in [-0.3, -0.25) is 4.90 Å². The number of unbranched alkanes of at least 4 members (excludes halogenated alkanes) is 30. The molecule has 342 valence electrons. The molecule has 0 spiro atoms. The summed E-state index contributed by atoms with van der Waals surface area (Å²) in [5, 5.41) is 2.88. The molecule has 0 aromatic heterocycles. The van der Waals surface area contributed by atoms with Gasteiger partial charge in [0.25, 0.3) is 0 Å². The molecular formula is C50H102N2O5. The normalized spacial score (nSPS) is 12.5. The van der Waals surface area contributed by atoms with Crippen molar-refractivity contribution in [2.75, 3.05) is 53.8 Å². The van der Waals surface area contributed by atoms with Crippen LogP contribution in [0.5, 0.6) is 0 Å². The molecule has 1 unspecified atom stereocenters. The molecular weight excluding hydrogens is 709 g/mol. The van der Waals surface area contributed by atoms with Crippen molar-refractivity contribution in [3.05, 3.63) is 0 Å². The van der Waals surface area contributed by atoms with Crippen molar-refractivity contribution in [3.63, 3.8) is 0 Å². The highest BCUT2D eigenvalue weighted by Gasteiger charge is 2.19. The van der Waals surface area contributed by atoms with E-state index >= 15 is 0 Å². The lowest BCUT2D eigenvalue weighted by Crippen LogP contribution is -2.35. The molecule has 0 saturated carbocycles. The Labute approximate surface area is 357 Å². The van der Waals surface area contributed by atoms with Gasteiger partial charge in [-0.15, -0.1) is 0 Å². The van der Waals surface area contributed by atoms with E-state index in [0.717, 1.165) is 45.3 Å². The summed E-state index contributed by atoms with van der Waals surface area (Å²) < 4.78 is 23.9. The third-order valence-electron chi connectivity index (χ3n) is 11.4. The van der Waals surface area contributed by atoms with E-state index in [-0.39, 0.29) is 17.8 Å². The van der Waals surface area contributed by atoms with Gasteiger partial charge >= 0.3 is 6.09 Å². The quantitative estimate of drug-likeness (QED) is 0.0488. The van der Waals surface area contributed by atoms with Gasteiger partial charge in [0.15, 0.2) is 0 Å². The van der Waals surface area contributed by atoms with Gasteiger partial charge in [-0.2, -0.15) is 0 Å². The van der Waals surface area contributed by atoms with Crippen molar-refractivity contribution in [1.29, 1.82) is 0 Å². The summed E-state index contributed by atoms with van der Waals surface area (Å²) in [6.07, 6.45) is 46.1. The molecule has 7 heteroatoms. The Balaban J connectivity index is 4.13. The summed E-state index contributed by atoms with van der Waals surface area (Å²) in [6.45, 7) is 12.4. The molecule has 7 nitrogen and oxygen atoms in total. The highest BCUT2D eigenvalue weighted by atomic mass is 16.5. The smallest absolute Gasteiger partial charge is 0.407 e. The maximum Gasteiger partial charge on any atom is 0.407 e. The minimum absolute atomic E-state index is 0.0590. The number of hydrogen-bond acceptors (Lipinski definition) is 6. The molecule has 0 aromatic carbocycles. The molecule has 0 saturated heterocycles. The van der Waals surface area contributed by atoms with Crippen molar-refractivity contribution < 1.29 is 23.7 Å². The summed E-state index contributed by atoms with van der Waals surface area (Å²) in [4.78, 5) is 14.3. The fourth-order valence-corrected chi connectivity index (χ4v) is 7.45. The maximum atomic E-state index is 12.3. The number of amides is 1. The maximum absolute atomic E-state index is 12.3. The van der Waals surface area contributed by atoms with Gasteiger partial charge in [-0.25, -0.2) is 4.79 Å². The van der Waals surface area contributed by atoms with Crippen LogP contribution in [0.1, 0.15) is 252 Å². The molecule has 1 N–H and O–H groups in total. The van der Waals surface area contributed by atoms with Gasteiger partial charge in [-0.05, 0) is 60.0 Å². The first-order chi connectivity index (χ1) is 27.8. The Hall–Kier alpha value is -0.890. The van der Waals surface area contributed by atoms with Crippen LogP contribution in [-0.2, 0) is 18.9 Å². The molecule has 0 bridgehead atoms. The second-order valence-corrected chi connectivity index (χ2v) is 18.2. The second kappa shape index (κ2) is 44.7. The summed E-state index contributed by atoms with van der Waals surface area (Å²) in [5.74, 6) is 0. The average molecular weight is 811 g/mol. The van der Waals surface area contributed by atoms with Crippen LogP contribution < -0.4 is 5.32 Å². The standard InChI is InChI=1S/C50H102N2O5/c1-7-9-11-13-15-17-19-21-23-25-27-29-31-33-35-37-43-54-46-48(40-39-45-56-49(53)51-42-41-50(3,4)57-47-52(5)6)55-44-38-36-34-32-30-28-26-24-22-20-18-16-14-12-10-8-2/h48H,7-47H2,1-6H3,(H,51,53). The molecule has 0 aliphatic carbocycles. The Morgan fingerprint density at radius 2 is 0.912 bits per heavy atom.